The highest BCUT2D eigenvalue weighted by Crippen LogP contribution is 2.23. The number of carbonyl (C=O) groups excluding carboxylic acids is 1. The fraction of sp³-hybridized carbons (Fsp3) is 0.200. The van der Waals surface area contributed by atoms with Gasteiger partial charge < -0.3 is 10.1 Å². The molecular weight excluding hydrogens is 336 g/mol. The van der Waals surface area contributed by atoms with Crippen molar-refractivity contribution in [2.75, 3.05) is 11.9 Å². The smallest absolute Gasteiger partial charge is 0.266 e. The summed E-state index contributed by atoms with van der Waals surface area (Å²) in [6, 6.07) is 12.7. The van der Waals surface area contributed by atoms with E-state index in [2.05, 4.69) is 5.32 Å². The van der Waals surface area contributed by atoms with E-state index in [1.54, 1.807) is 18.2 Å². The lowest BCUT2D eigenvalue weighted by Gasteiger charge is -2.09. The molecule has 2 aromatic carbocycles. The number of ether oxygens (including phenoxy) is 1. The summed E-state index contributed by atoms with van der Waals surface area (Å²) in [7, 11) is 0. The fourth-order valence-corrected chi connectivity index (χ4v) is 2.61. The average Bonchev–Trinajstić information content (AvgIpc) is 2.55. The summed E-state index contributed by atoms with van der Waals surface area (Å²) in [5.74, 6) is 0.126. The number of rotatable bonds is 5. The molecule has 0 atom stereocenters. The number of anilines is 1. The zero-order valence-corrected chi connectivity index (χ0v) is 15.1. The zero-order chi connectivity index (χ0) is 18.4. The molecule has 0 spiro atoms. The molecule has 1 N–H and O–H groups in total. The molecule has 0 unspecified atom stereocenters. The van der Waals surface area contributed by atoms with Gasteiger partial charge in [-0.1, -0.05) is 29.3 Å². The Labute approximate surface area is 152 Å². The largest absolute Gasteiger partial charge is 0.494 e. The molecule has 0 aliphatic heterocycles. The molecule has 0 aromatic heterocycles. The molecule has 2 rings (SSSR count). The second-order valence-electron chi connectivity index (χ2n) is 5.60. The van der Waals surface area contributed by atoms with E-state index in [9.17, 15) is 10.1 Å². The first-order valence-electron chi connectivity index (χ1n) is 7.86. The molecule has 2 aromatic rings. The van der Waals surface area contributed by atoms with Gasteiger partial charge in [-0.25, -0.2) is 0 Å². The van der Waals surface area contributed by atoms with Gasteiger partial charge in [-0.3, -0.25) is 4.79 Å². The highest BCUT2D eigenvalue weighted by molar-refractivity contribution is 6.30. The quantitative estimate of drug-likeness (QED) is 0.613. The van der Waals surface area contributed by atoms with Crippen LogP contribution < -0.4 is 10.1 Å². The van der Waals surface area contributed by atoms with Crippen LogP contribution in [-0.2, 0) is 4.79 Å². The van der Waals surface area contributed by atoms with Gasteiger partial charge in [0, 0.05) is 10.7 Å². The molecule has 0 saturated heterocycles. The van der Waals surface area contributed by atoms with Crippen molar-refractivity contribution in [1.82, 2.24) is 0 Å². The molecule has 128 valence electrons. The van der Waals surface area contributed by atoms with Crippen LogP contribution in [0.5, 0.6) is 5.75 Å². The predicted octanol–water partition coefficient (Wildman–Crippen LogP) is 4.90. The SMILES string of the molecule is CCOc1cc(Cl)cc(/C=C(\C#N)C(=O)Nc2ccc(C)cc2C)c1. The summed E-state index contributed by atoms with van der Waals surface area (Å²) >= 11 is 6.06. The maximum Gasteiger partial charge on any atom is 0.266 e. The lowest BCUT2D eigenvalue weighted by atomic mass is 10.1. The van der Waals surface area contributed by atoms with Gasteiger partial charge in [-0.2, -0.15) is 5.26 Å². The summed E-state index contributed by atoms with van der Waals surface area (Å²) in [5.41, 5.74) is 3.34. The zero-order valence-electron chi connectivity index (χ0n) is 14.4. The van der Waals surface area contributed by atoms with Crippen molar-refractivity contribution in [2.45, 2.75) is 20.8 Å². The molecule has 0 aliphatic rings. The maximum absolute atomic E-state index is 12.4. The van der Waals surface area contributed by atoms with E-state index in [1.165, 1.54) is 6.08 Å². The normalized spacial score (nSPS) is 10.9. The van der Waals surface area contributed by atoms with E-state index < -0.39 is 5.91 Å². The molecule has 0 aliphatic carbocycles. The molecule has 0 heterocycles. The van der Waals surface area contributed by atoms with Crippen LogP contribution in [0.1, 0.15) is 23.6 Å². The minimum Gasteiger partial charge on any atom is -0.494 e. The minimum atomic E-state index is -0.465. The summed E-state index contributed by atoms with van der Waals surface area (Å²) in [6.07, 6.45) is 1.49. The number of nitrogens with one attached hydrogen (secondary N) is 1. The third-order valence-corrected chi connectivity index (χ3v) is 3.73. The van der Waals surface area contributed by atoms with Crippen LogP contribution >= 0.6 is 11.6 Å². The standard InChI is InChI=1S/C20H19ClN2O2/c1-4-25-18-10-15(9-17(21)11-18)8-16(12-22)20(24)23-19-6-5-13(2)7-14(19)3/h5-11H,4H2,1-3H3,(H,23,24)/b16-8+. The molecular formula is C20H19ClN2O2. The minimum absolute atomic E-state index is 0.00955. The topological polar surface area (TPSA) is 62.1 Å². The Kier molecular flexibility index (Phi) is 6.21. The Balaban J connectivity index is 2.28. The lowest BCUT2D eigenvalue weighted by Crippen LogP contribution is -2.14. The van der Waals surface area contributed by atoms with Gasteiger partial charge in [0.2, 0.25) is 0 Å². The fourth-order valence-electron chi connectivity index (χ4n) is 2.38. The number of carbonyl (C=O) groups is 1. The molecule has 4 nitrogen and oxygen atoms in total. The maximum atomic E-state index is 12.4. The van der Waals surface area contributed by atoms with Gasteiger partial charge in [0.15, 0.2) is 0 Å². The second-order valence-corrected chi connectivity index (χ2v) is 6.03. The van der Waals surface area contributed by atoms with Crippen LogP contribution in [0.15, 0.2) is 42.0 Å². The van der Waals surface area contributed by atoms with E-state index in [0.29, 0.717) is 28.6 Å². The Bertz CT molecular complexity index is 866. The van der Waals surface area contributed by atoms with Crippen molar-refractivity contribution in [3.05, 3.63) is 63.7 Å². The monoisotopic (exact) mass is 354 g/mol. The van der Waals surface area contributed by atoms with E-state index in [0.717, 1.165) is 11.1 Å². The number of amides is 1. The molecule has 0 radical (unpaired) electrons. The molecule has 1 amide bonds. The molecule has 0 saturated carbocycles. The lowest BCUT2D eigenvalue weighted by molar-refractivity contribution is -0.112. The van der Waals surface area contributed by atoms with Crippen LogP contribution in [0.3, 0.4) is 0 Å². The summed E-state index contributed by atoms with van der Waals surface area (Å²) < 4.78 is 5.43. The summed E-state index contributed by atoms with van der Waals surface area (Å²) in [6.45, 7) is 6.26. The van der Waals surface area contributed by atoms with E-state index >= 15 is 0 Å². The first-order chi connectivity index (χ1) is 11.9. The Hall–Kier alpha value is -2.77. The van der Waals surface area contributed by atoms with Gasteiger partial charge in [0.25, 0.3) is 5.91 Å². The van der Waals surface area contributed by atoms with Crippen molar-refractivity contribution in [3.8, 4) is 11.8 Å². The highest BCUT2D eigenvalue weighted by atomic mass is 35.5. The molecule has 0 bridgehead atoms. The first kappa shape index (κ1) is 18.6. The number of halogens is 1. The van der Waals surface area contributed by atoms with Crippen LogP contribution in [0, 0.1) is 25.2 Å². The van der Waals surface area contributed by atoms with Gasteiger partial charge >= 0.3 is 0 Å². The highest BCUT2D eigenvalue weighted by Gasteiger charge is 2.11. The third kappa shape index (κ3) is 5.10. The number of hydrogen-bond donors (Lipinski definition) is 1. The van der Waals surface area contributed by atoms with Gasteiger partial charge in [-0.05, 0) is 62.2 Å². The number of hydrogen-bond acceptors (Lipinski definition) is 3. The predicted molar refractivity (Wildman–Crippen MR) is 101 cm³/mol. The van der Waals surface area contributed by atoms with Crippen molar-refractivity contribution in [1.29, 1.82) is 5.26 Å². The van der Waals surface area contributed by atoms with Crippen LogP contribution in [0.25, 0.3) is 6.08 Å². The number of nitrogens with zero attached hydrogens (tertiary/aromatic N) is 1. The molecule has 25 heavy (non-hydrogen) atoms. The van der Waals surface area contributed by atoms with Crippen molar-refractivity contribution < 1.29 is 9.53 Å². The first-order valence-corrected chi connectivity index (χ1v) is 8.24. The Morgan fingerprint density at radius 3 is 2.68 bits per heavy atom. The summed E-state index contributed by atoms with van der Waals surface area (Å²) in [4.78, 5) is 12.4. The molecule has 5 heteroatoms. The van der Waals surface area contributed by atoms with Crippen LogP contribution in [0.2, 0.25) is 5.02 Å². The Morgan fingerprint density at radius 1 is 1.28 bits per heavy atom. The van der Waals surface area contributed by atoms with E-state index in [1.807, 2.05) is 45.0 Å². The Morgan fingerprint density at radius 2 is 2.04 bits per heavy atom. The van der Waals surface area contributed by atoms with E-state index in [4.69, 9.17) is 16.3 Å². The number of benzene rings is 2. The average molecular weight is 355 g/mol. The van der Waals surface area contributed by atoms with Crippen LogP contribution in [-0.4, -0.2) is 12.5 Å². The van der Waals surface area contributed by atoms with E-state index in [-0.39, 0.29) is 5.57 Å². The van der Waals surface area contributed by atoms with Gasteiger partial charge in [0.05, 0.1) is 6.61 Å². The third-order valence-electron chi connectivity index (χ3n) is 3.51. The van der Waals surface area contributed by atoms with Crippen molar-refractivity contribution in [3.63, 3.8) is 0 Å². The van der Waals surface area contributed by atoms with Gasteiger partial charge in [-0.15, -0.1) is 0 Å². The second kappa shape index (κ2) is 8.36. The van der Waals surface area contributed by atoms with Crippen molar-refractivity contribution in [2.24, 2.45) is 0 Å². The van der Waals surface area contributed by atoms with Crippen LogP contribution in [0.4, 0.5) is 5.69 Å². The molecule has 0 fully saturated rings. The van der Waals surface area contributed by atoms with Gasteiger partial charge in [0.1, 0.15) is 17.4 Å². The van der Waals surface area contributed by atoms with Crippen molar-refractivity contribution >= 4 is 29.3 Å². The summed E-state index contributed by atoms with van der Waals surface area (Å²) in [5, 5.41) is 12.6. The number of aryl methyl sites for hydroxylation is 2. The number of nitriles is 1.